The topological polar surface area (TPSA) is 66.5 Å². The maximum Gasteiger partial charge on any atom is 0.182 e. The number of nitrogens with one attached hydrogen (secondary N) is 2. The molecule has 4 rings (SSSR count). The molecular weight excluding hydrogens is 286 g/mol. The number of aromatic amines is 1. The number of benzene rings is 1. The maximum absolute atomic E-state index is 4.35. The Morgan fingerprint density at radius 1 is 1.14 bits per heavy atom. The van der Waals surface area contributed by atoms with E-state index < -0.39 is 0 Å². The van der Waals surface area contributed by atoms with Gasteiger partial charge in [0.25, 0.3) is 0 Å². The molecule has 1 aliphatic rings. The van der Waals surface area contributed by atoms with Crippen molar-refractivity contribution in [2.75, 3.05) is 5.32 Å². The van der Waals surface area contributed by atoms with Gasteiger partial charge in [0, 0.05) is 0 Å². The molecule has 0 bridgehead atoms. The van der Waals surface area contributed by atoms with Gasteiger partial charge in [-0.1, -0.05) is 24.3 Å². The van der Waals surface area contributed by atoms with Gasteiger partial charge in [-0.25, -0.2) is 15.0 Å². The standard InChI is InChI=1S/C15H15N5.ClH/c1-2-6-11-10(4-1)5-3-7-12(11)20-15-13-14(17-8-16-13)18-9-19-15;/h1-2,4,6,8-9,12H,3,5,7H2,(H2,16,17,18,19,20);1H. The summed E-state index contributed by atoms with van der Waals surface area (Å²) in [6, 6.07) is 8.94. The number of H-pyrrole nitrogens is 1. The van der Waals surface area contributed by atoms with Crippen molar-refractivity contribution in [2.45, 2.75) is 25.3 Å². The van der Waals surface area contributed by atoms with Gasteiger partial charge in [-0.2, -0.15) is 0 Å². The summed E-state index contributed by atoms with van der Waals surface area (Å²) in [5.41, 5.74) is 4.39. The average molecular weight is 302 g/mol. The van der Waals surface area contributed by atoms with E-state index in [1.165, 1.54) is 17.5 Å². The van der Waals surface area contributed by atoms with Gasteiger partial charge in [-0.15, -0.1) is 12.4 Å². The highest BCUT2D eigenvalue weighted by atomic mass is 35.5. The van der Waals surface area contributed by atoms with Gasteiger partial charge in [-0.05, 0) is 30.4 Å². The van der Waals surface area contributed by atoms with Crippen molar-refractivity contribution in [1.29, 1.82) is 0 Å². The molecule has 108 valence electrons. The van der Waals surface area contributed by atoms with Crippen LogP contribution in [0.4, 0.5) is 5.82 Å². The fourth-order valence-corrected chi connectivity index (χ4v) is 2.94. The lowest BCUT2D eigenvalue weighted by molar-refractivity contribution is 0.599. The average Bonchev–Trinajstić information content (AvgIpc) is 2.97. The molecule has 0 radical (unpaired) electrons. The molecule has 2 N–H and O–H groups in total. The van der Waals surface area contributed by atoms with Crippen molar-refractivity contribution < 1.29 is 0 Å². The molecule has 3 aromatic rings. The third kappa shape index (κ3) is 2.45. The van der Waals surface area contributed by atoms with Crippen molar-refractivity contribution >= 4 is 29.4 Å². The van der Waals surface area contributed by atoms with Crippen molar-refractivity contribution in [3.63, 3.8) is 0 Å². The van der Waals surface area contributed by atoms with Gasteiger partial charge >= 0.3 is 0 Å². The zero-order chi connectivity index (χ0) is 13.4. The summed E-state index contributed by atoms with van der Waals surface area (Å²) < 4.78 is 0. The Bertz CT molecular complexity index is 754. The number of aromatic nitrogens is 4. The molecule has 5 nitrogen and oxygen atoms in total. The van der Waals surface area contributed by atoms with Gasteiger partial charge in [0.2, 0.25) is 0 Å². The van der Waals surface area contributed by atoms with E-state index in [1.54, 1.807) is 12.7 Å². The van der Waals surface area contributed by atoms with E-state index >= 15 is 0 Å². The minimum atomic E-state index is 0. The van der Waals surface area contributed by atoms with E-state index in [0.717, 1.165) is 24.2 Å². The lowest BCUT2D eigenvalue weighted by Gasteiger charge is -2.26. The fraction of sp³-hybridized carbons (Fsp3) is 0.267. The smallest absolute Gasteiger partial charge is 0.182 e. The molecule has 1 aromatic carbocycles. The van der Waals surface area contributed by atoms with Crippen LogP contribution >= 0.6 is 12.4 Å². The highest BCUT2D eigenvalue weighted by Gasteiger charge is 2.20. The highest BCUT2D eigenvalue weighted by Crippen LogP contribution is 2.32. The number of nitrogens with zero attached hydrogens (tertiary/aromatic N) is 3. The van der Waals surface area contributed by atoms with E-state index in [9.17, 15) is 0 Å². The first-order chi connectivity index (χ1) is 9.92. The summed E-state index contributed by atoms with van der Waals surface area (Å²) in [6.07, 6.45) is 6.69. The SMILES string of the molecule is Cl.c1ccc2c(c1)CCCC2Nc1ncnc2nc[nH]c12. The zero-order valence-electron chi connectivity index (χ0n) is 11.4. The zero-order valence-corrected chi connectivity index (χ0v) is 12.2. The second-order valence-electron chi connectivity index (χ2n) is 5.11. The Morgan fingerprint density at radius 3 is 3.00 bits per heavy atom. The third-order valence-electron chi connectivity index (χ3n) is 3.90. The van der Waals surface area contributed by atoms with Crippen molar-refractivity contribution in [2.24, 2.45) is 0 Å². The molecule has 0 saturated heterocycles. The van der Waals surface area contributed by atoms with Gasteiger partial charge < -0.3 is 10.3 Å². The highest BCUT2D eigenvalue weighted by molar-refractivity contribution is 5.85. The molecule has 1 unspecified atom stereocenters. The number of rotatable bonds is 2. The van der Waals surface area contributed by atoms with Crippen LogP contribution in [0.15, 0.2) is 36.9 Å². The molecular formula is C15H16ClN5. The number of imidazole rings is 1. The normalized spacial score (nSPS) is 17.0. The first kappa shape index (κ1) is 13.8. The van der Waals surface area contributed by atoms with Crippen molar-refractivity contribution in [3.8, 4) is 0 Å². The second kappa shape index (κ2) is 5.69. The van der Waals surface area contributed by atoms with Crippen LogP contribution in [0.3, 0.4) is 0 Å². The lowest BCUT2D eigenvalue weighted by Crippen LogP contribution is -2.18. The Morgan fingerprint density at radius 2 is 2.05 bits per heavy atom. The van der Waals surface area contributed by atoms with Crippen LogP contribution in [0, 0.1) is 0 Å². The molecule has 0 amide bonds. The molecule has 2 aromatic heterocycles. The van der Waals surface area contributed by atoms with E-state index in [0.29, 0.717) is 11.7 Å². The van der Waals surface area contributed by atoms with Crippen LogP contribution in [0.5, 0.6) is 0 Å². The Labute approximate surface area is 128 Å². The Hall–Kier alpha value is -2.14. The quantitative estimate of drug-likeness (QED) is 0.762. The molecule has 2 heterocycles. The summed E-state index contributed by atoms with van der Waals surface area (Å²) in [5, 5.41) is 3.54. The van der Waals surface area contributed by atoms with E-state index in [1.807, 2.05) is 0 Å². The summed E-state index contributed by atoms with van der Waals surface area (Å²) in [6.45, 7) is 0. The minimum Gasteiger partial charge on any atom is -0.361 e. The molecule has 0 spiro atoms. The third-order valence-corrected chi connectivity index (χ3v) is 3.90. The van der Waals surface area contributed by atoms with Gasteiger partial charge in [-0.3, -0.25) is 0 Å². The molecule has 6 heteroatoms. The van der Waals surface area contributed by atoms with E-state index in [4.69, 9.17) is 0 Å². The molecule has 0 aliphatic heterocycles. The fourth-order valence-electron chi connectivity index (χ4n) is 2.94. The monoisotopic (exact) mass is 301 g/mol. The van der Waals surface area contributed by atoms with E-state index in [2.05, 4.69) is 49.5 Å². The van der Waals surface area contributed by atoms with Crippen LogP contribution in [0.25, 0.3) is 11.2 Å². The molecule has 1 atom stereocenters. The number of hydrogen-bond acceptors (Lipinski definition) is 4. The van der Waals surface area contributed by atoms with Crippen LogP contribution in [-0.4, -0.2) is 19.9 Å². The number of anilines is 1. The van der Waals surface area contributed by atoms with Gasteiger partial charge in [0.15, 0.2) is 11.5 Å². The Kier molecular flexibility index (Phi) is 3.75. The largest absolute Gasteiger partial charge is 0.361 e. The van der Waals surface area contributed by atoms with Crippen molar-refractivity contribution in [1.82, 2.24) is 19.9 Å². The molecule has 0 saturated carbocycles. The predicted molar refractivity (Wildman–Crippen MR) is 84.7 cm³/mol. The predicted octanol–water partition coefficient (Wildman–Crippen LogP) is 3.26. The van der Waals surface area contributed by atoms with Crippen LogP contribution in [0.2, 0.25) is 0 Å². The first-order valence-corrected chi connectivity index (χ1v) is 6.90. The lowest BCUT2D eigenvalue weighted by atomic mass is 9.88. The number of aryl methyl sites for hydroxylation is 1. The van der Waals surface area contributed by atoms with Gasteiger partial charge in [0.1, 0.15) is 11.8 Å². The summed E-state index contributed by atoms with van der Waals surface area (Å²) >= 11 is 0. The maximum atomic E-state index is 4.35. The summed E-state index contributed by atoms with van der Waals surface area (Å²) in [5.74, 6) is 0.828. The minimum absolute atomic E-state index is 0. The summed E-state index contributed by atoms with van der Waals surface area (Å²) in [4.78, 5) is 15.8. The van der Waals surface area contributed by atoms with Crippen LogP contribution < -0.4 is 5.32 Å². The molecule has 21 heavy (non-hydrogen) atoms. The Balaban J connectivity index is 0.00000132. The van der Waals surface area contributed by atoms with Crippen molar-refractivity contribution in [3.05, 3.63) is 48.0 Å². The van der Waals surface area contributed by atoms with Crippen LogP contribution in [-0.2, 0) is 6.42 Å². The number of fused-ring (bicyclic) bond motifs is 2. The van der Waals surface area contributed by atoms with Gasteiger partial charge in [0.05, 0.1) is 12.4 Å². The number of hydrogen-bond donors (Lipinski definition) is 2. The first-order valence-electron chi connectivity index (χ1n) is 6.90. The number of halogens is 1. The summed E-state index contributed by atoms with van der Waals surface area (Å²) in [7, 11) is 0. The second-order valence-corrected chi connectivity index (χ2v) is 5.11. The van der Waals surface area contributed by atoms with Crippen LogP contribution in [0.1, 0.15) is 30.0 Å². The molecule has 0 fully saturated rings. The molecule has 1 aliphatic carbocycles. The van der Waals surface area contributed by atoms with E-state index in [-0.39, 0.29) is 12.4 Å².